The zero-order valence-electron chi connectivity index (χ0n) is 14.9. The predicted molar refractivity (Wildman–Crippen MR) is 109 cm³/mol. The minimum Gasteiger partial charge on any atom is -0.494 e. The van der Waals surface area contributed by atoms with Crippen LogP contribution in [0.25, 0.3) is 0 Å². The SMILES string of the molecule is CCNC(=NCc1ccc(OCC)c(C)c1)N1CCC(O)CC1.I. The van der Waals surface area contributed by atoms with Crippen molar-refractivity contribution in [2.45, 2.75) is 46.3 Å². The Bertz CT molecular complexity index is 529. The molecule has 136 valence electrons. The Morgan fingerprint density at radius 3 is 2.62 bits per heavy atom. The summed E-state index contributed by atoms with van der Waals surface area (Å²) in [6.07, 6.45) is 1.46. The van der Waals surface area contributed by atoms with Crippen LogP contribution in [0.4, 0.5) is 0 Å². The van der Waals surface area contributed by atoms with Crippen LogP contribution in [-0.2, 0) is 6.54 Å². The zero-order chi connectivity index (χ0) is 16.7. The largest absolute Gasteiger partial charge is 0.494 e. The second-order valence-electron chi connectivity index (χ2n) is 5.92. The van der Waals surface area contributed by atoms with E-state index in [0.717, 1.165) is 49.7 Å². The van der Waals surface area contributed by atoms with Crippen molar-refractivity contribution >= 4 is 29.9 Å². The smallest absolute Gasteiger partial charge is 0.194 e. The number of aliphatic hydroxyl groups is 1. The number of benzene rings is 1. The average Bonchev–Trinajstić information content (AvgIpc) is 2.55. The van der Waals surface area contributed by atoms with E-state index in [9.17, 15) is 5.11 Å². The van der Waals surface area contributed by atoms with Crippen molar-refractivity contribution in [3.05, 3.63) is 29.3 Å². The summed E-state index contributed by atoms with van der Waals surface area (Å²) in [6, 6.07) is 6.23. The predicted octanol–water partition coefficient (Wildman–Crippen LogP) is 2.93. The molecule has 1 aliphatic rings. The normalized spacial score (nSPS) is 15.8. The fraction of sp³-hybridized carbons (Fsp3) is 0.611. The molecule has 0 spiro atoms. The third-order valence-electron chi connectivity index (χ3n) is 4.05. The van der Waals surface area contributed by atoms with Gasteiger partial charge in [-0.15, -0.1) is 24.0 Å². The van der Waals surface area contributed by atoms with E-state index in [1.54, 1.807) is 0 Å². The number of rotatable bonds is 5. The van der Waals surface area contributed by atoms with Gasteiger partial charge >= 0.3 is 0 Å². The molecule has 0 amide bonds. The third-order valence-corrected chi connectivity index (χ3v) is 4.05. The molecule has 1 saturated heterocycles. The van der Waals surface area contributed by atoms with Gasteiger partial charge in [0.1, 0.15) is 5.75 Å². The Morgan fingerprint density at radius 1 is 1.33 bits per heavy atom. The van der Waals surface area contributed by atoms with Gasteiger partial charge in [0.25, 0.3) is 0 Å². The number of ether oxygens (including phenoxy) is 1. The molecule has 2 rings (SSSR count). The fourth-order valence-corrected chi connectivity index (χ4v) is 2.80. The first-order chi connectivity index (χ1) is 11.1. The van der Waals surface area contributed by atoms with Crippen molar-refractivity contribution in [1.82, 2.24) is 10.2 Å². The summed E-state index contributed by atoms with van der Waals surface area (Å²) < 4.78 is 5.58. The van der Waals surface area contributed by atoms with Crippen LogP contribution < -0.4 is 10.1 Å². The molecule has 2 N–H and O–H groups in total. The number of halogens is 1. The molecule has 1 aromatic rings. The molecule has 0 unspecified atom stereocenters. The van der Waals surface area contributed by atoms with E-state index in [4.69, 9.17) is 9.73 Å². The number of hydrogen-bond donors (Lipinski definition) is 2. The summed E-state index contributed by atoms with van der Waals surface area (Å²) >= 11 is 0. The average molecular weight is 447 g/mol. The van der Waals surface area contributed by atoms with Gasteiger partial charge in [0, 0.05) is 19.6 Å². The Kier molecular flexibility index (Phi) is 9.43. The fourth-order valence-electron chi connectivity index (χ4n) is 2.80. The number of guanidine groups is 1. The summed E-state index contributed by atoms with van der Waals surface area (Å²) in [5.41, 5.74) is 2.32. The number of aliphatic imine (C=N–C) groups is 1. The van der Waals surface area contributed by atoms with E-state index in [1.807, 2.05) is 13.0 Å². The van der Waals surface area contributed by atoms with E-state index in [1.165, 1.54) is 5.56 Å². The maximum absolute atomic E-state index is 9.65. The van der Waals surface area contributed by atoms with Crippen molar-refractivity contribution in [2.24, 2.45) is 4.99 Å². The second kappa shape index (κ2) is 10.8. The molecule has 6 heteroatoms. The highest BCUT2D eigenvalue weighted by molar-refractivity contribution is 14.0. The molecule has 0 bridgehead atoms. The second-order valence-corrected chi connectivity index (χ2v) is 5.92. The number of nitrogens with one attached hydrogen (secondary N) is 1. The first kappa shape index (κ1) is 21.0. The van der Waals surface area contributed by atoms with Gasteiger partial charge in [0.2, 0.25) is 0 Å². The molecule has 0 aromatic heterocycles. The van der Waals surface area contributed by atoms with Crippen LogP contribution in [0.5, 0.6) is 5.75 Å². The van der Waals surface area contributed by atoms with E-state index >= 15 is 0 Å². The number of aliphatic hydroxyl groups excluding tert-OH is 1. The minimum absolute atomic E-state index is 0. The number of hydrogen-bond acceptors (Lipinski definition) is 3. The third kappa shape index (κ3) is 6.12. The lowest BCUT2D eigenvalue weighted by Crippen LogP contribution is -2.46. The monoisotopic (exact) mass is 447 g/mol. The maximum Gasteiger partial charge on any atom is 0.194 e. The molecule has 1 aliphatic heterocycles. The molecular formula is C18H30IN3O2. The Hall–Kier alpha value is -1.02. The highest BCUT2D eigenvalue weighted by Crippen LogP contribution is 2.19. The first-order valence-corrected chi connectivity index (χ1v) is 8.57. The Morgan fingerprint density at radius 2 is 2.04 bits per heavy atom. The summed E-state index contributed by atoms with van der Waals surface area (Å²) in [5.74, 6) is 1.88. The molecule has 24 heavy (non-hydrogen) atoms. The summed E-state index contributed by atoms with van der Waals surface area (Å²) in [6.45, 7) is 10.0. The molecule has 1 aromatic carbocycles. The van der Waals surface area contributed by atoms with Crippen LogP contribution in [0.1, 0.15) is 37.8 Å². The van der Waals surface area contributed by atoms with Crippen LogP contribution in [0.15, 0.2) is 23.2 Å². The van der Waals surface area contributed by atoms with Gasteiger partial charge in [-0.1, -0.05) is 12.1 Å². The summed E-state index contributed by atoms with van der Waals surface area (Å²) in [4.78, 5) is 6.99. The Labute approximate surface area is 162 Å². The lowest BCUT2D eigenvalue weighted by atomic mass is 10.1. The molecule has 0 radical (unpaired) electrons. The quantitative estimate of drug-likeness (QED) is 0.414. The molecule has 0 saturated carbocycles. The van der Waals surface area contributed by atoms with E-state index in [0.29, 0.717) is 13.2 Å². The molecular weight excluding hydrogens is 417 g/mol. The van der Waals surface area contributed by atoms with Crippen molar-refractivity contribution in [3.63, 3.8) is 0 Å². The highest BCUT2D eigenvalue weighted by atomic mass is 127. The van der Waals surface area contributed by atoms with Crippen molar-refractivity contribution in [2.75, 3.05) is 26.2 Å². The minimum atomic E-state index is -0.164. The van der Waals surface area contributed by atoms with Gasteiger partial charge in [-0.05, 0) is 50.8 Å². The highest BCUT2D eigenvalue weighted by Gasteiger charge is 2.19. The summed E-state index contributed by atoms with van der Waals surface area (Å²) in [7, 11) is 0. The van der Waals surface area contributed by atoms with E-state index in [-0.39, 0.29) is 30.1 Å². The van der Waals surface area contributed by atoms with Crippen LogP contribution >= 0.6 is 24.0 Å². The molecule has 1 fully saturated rings. The van der Waals surface area contributed by atoms with Crippen molar-refractivity contribution in [1.29, 1.82) is 0 Å². The van der Waals surface area contributed by atoms with Gasteiger partial charge in [-0.25, -0.2) is 4.99 Å². The van der Waals surface area contributed by atoms with Crippen LogP contribution in [0.2, 0.25) is 0 Å². The van der Waals surface area contributed by atoms with E-state index < -0.39 is 0 Å². The lowest BCUT2D eigenvalue weighted by Gasteiger charge is -2.32. The first-order valence-electron chi connectivity index (χ1n) is 8.57. The number of aryl methyl sites for hydroxylation is 1. The maximum atomic E-state index is 9.65. The molecule has 0 atom stereocenters. The van der Waals surface area contributed by atoms with Crippen molar-refractivity contribution < 1.29 is 9.84 Å². The number of nitrogens with zero attached hydrogens (tertiary/aromatic N) is 2. The van der Waals surface area contributed by atoms with Gasteiger partial charge in [0.15, 0.2) is 5.96 Å². The molecule has 1 heterocycles. The van der Waals surface area contributed by atoms with Crippen molar-refractivity contribution in [3.8, 4) is 5.75 Å². The standard InChI is InChI=1S/C18H29N3O2.HI/c1-4-19-18(21-10-8-16(22)9-11-21)20-13-15-6-7-17(23-5-2)14(3)12-15;/h6-7,12,16,22H,4-5,8-11,13H2,1-3H3,(H,19,20);1H. The van der Waals surface area contributed by atoms with Gasteiger partial charge in [-0.3, -0.25) is 0 Å². The number of piperidine rings is 1. The molecule has 0 aliphatic carbocycles. The van der Waals surface area contributed by atoms with Gasteiger partial charge in [-0.2, -0.15) is 0 Å². The van der Waals surface area contributed by atoms with Crippen LogP contribution in [0.3, 0.4) is 0 Å². The Balaban J connectivity index is 0.00000288. The zero-order valence-corrected chi connectivity index (χ0v) is 17.2. The van der Waals surface area contributed by atoms with Crippen LogP contribution in [0, 0.1) is 6.92 Å². The van der Waals surface area contributed by atoms with E-state index in [2.05, 4.69) is 36.2 Å². The number of likely N-dealkylation sites (tertiary alicyclic amines) is 1. The van der Waals surface area contributed by atoms with Gasteiger partial charge < -0.3 is 20.1 Å². The topological polar surface area (TPSA) is 57.1 Å². The van der Waals surface area contributed by atoms with Crippen LogP contribution in [-0.4, -0.2) is 48.3 Å². The lowest BCUT2D eigenvalue weighted by molar-refractivity contribution is 0.108. The summed E-state index contributed by atoms with van der Waals surface area (Å²) in [5, 5.41) is 13.0. The molecule has 5 nitrogen and oxygen atoms in total. The van der Waals surface area contributed by atoms with Gasteiger partial charge in [0.05, 0.1) is 19.3 Å².